The maximum absolute atomic E-state index is 12.7. The third-order valence-corrected chi connectivity index (χ3v) is 6.09. The minimum absolute atomic E-state index is 0.126. The predicted octanol–water partition coefficient (Wildman–Crippen LogP) is 1.90. The number of nitrogens with zero attached hydrogens (tertiary/aromatic N) is 1. The van der Waals surface area contributed by atoms with Crippen molar-refractivity contribution < 1.29 is 19.8 Å². The van der Waals surface area contributed by atoms with Crippen molar-refractivity contribution in [3.63, 3.8) is 0 Å². The van der Waals surface area contributed by atoms with Gasteiger partial charge >= 0.3 is 0 Å². The molecule has 2 atom stereocenters. The Hall–Kier alpha value is -1.80. The Morgan fingerprint density at radius 2 is 2.08 bits per heavy atom. The summed E-state index contributed by atoms with van der Waals surface area (Å²) in [4.78, 5) is 26.6. The van der Waals surface area contributed by atoms with Crippen LogP contribution in [0.25, 0.3) is 0 Å². The van der Waals surface area contributed by atoms with E-state index in [1.54, 1.807) is 19.1 Å². The summed E-state index contributed by atoms with van der Waals surface area (Å²) in [5.74, 6) is -2.04. The predicted molar refractivity (Wildman–Crippen MR) is 98.1 cm³/mol. The van der Waals surface area contributed by atoms with Gasteiger partial charge in [0.2, 0.25) is 0 Å². The van der Waals surface area contributed by atoms with Crippen LogP contribution in [-0.4, -0.2) is 52.8 Å². The molecule has 0 aromatic heterocycles. The number of anilines is 1. The van der Waals surface area contributed by atoms with Crippen molar-refractivity contribution in [3.05, 3.63) is 39.6 Å². The van der Waals surface area contributed by atoms with Gasteiger partial charge in [-0.1, -0.05) is 29.3 Å². The van der Waals surface area contributed by atoms with Crippen LogP contribution >= 0.6 is 23.2 Å². The molecule has 4 N–H and O–H groups in total. The molecule has 0 bridgehead atoms. The van der Waals surface area contributed by atoms with E-state index in [1.807, 2.05) is 0 Å². The fourth-order valence-corrected chi connectivity index (χ4v) is 3.88. The van der Waals surface area contributed by atoms with Crippen LogP contribution < -0.4 is 10.6 Å². The Balaban J connectivity index is 2.04. The molecule has 2 aliphatic heterocycles. The highest BCUT2D eigenvalue weighted by molar-refractivity contribution is 6.44. The van der Waals surface area contributed by atoms with Gasteiger partial charge in [-0.15, -0.1) is 0 Å². The molecule has 2 heterocycles. The molecule has 0 spiro atoms. The number of hydrogen-bond donors (Lipinski definition) is 4. The number of likely N-dealkylation sites (N-methyl/N-ethyl adjacent to an activating group) is 1. The first-order valence-corrected chi connectivity index (χ1v) is 8.79. The monoisotopic (exact) mass is 399 g/mol. The second kappa shape index (κ2) is 6.42. The van der Waals surface area contributed by atoms with Gasteiger partial charge in [-0.05, 0) is 25.6 Å². The fraction of sp³-hybridized carbons (Fsp3) is 0.412. The number of rotatable bonds is 2. The normalized spacial score (nSPS) is 28.8. The summed E-state index contributed by atoms with van der Waals surface area (Å²) < 4.78 is 0. The molecule has 2 amide bonds. The highest BCUT2D eigenvalue weighted by atomic mass is 35.5. The number of aliphatic hydroxyl groups excluding tert-OH is 1. The standard InChI is InChI=1S/C17H19Cl2N3O4/c1-16-8-20-7-6-17(16,26)22(2)15(25)11(13(16)23)14(24)21-10-5-3-4-9(18)12(10)19/h3-5,20,23,26H,6-8H2,1-2H3,(H,21,24)/t16-,17-/m1/s1. The minimum Gasteiger partial charge on any atom is -0.510 e. The van der Waals surface area contributed by atoms with Crippen LogP contribution in [-0.2, 0) is 9.59 Å². The number of benzene rings is 1. The third kappa shape index (κ3) is 2.58. The zero-order chi connectivity index (χ0) is 19.3. The molecule has 140 valence electrons. The van der Waals surface area contributed by atoms with Crippen molar-refractivity contribution in [1.29, 1.82) is 0 Å². The maximum Gasteiger partial charge on any atom is 0.264 e. The molecule has 1 fully saturated rings. The maximum atomic E-state index is 12.7. The first-order valence-electron chi connectivity index (χ1n) is 8.04. The van der Waals surface area contributed by atoms with E-state index in [0.29, 0.717) is 6.54 Å². The van der Waals surface area contributed by atoms with E-state index in [9.17, 15) is 19.8 Å². The molecule has 26 heavy (non-hydrogen) atoms. The number of fused-ring (bicyclic) bond motifs is 1. The second-order valence-corrected chi connectivity index (χ2v) is 7.50. The quantitative estimate of drug-likeness (QED) is 0.568. The molecule has 1 aromatic rings. The van der Waals surface area contributed by atoms with E-state index >= 15 is 0 Å². The van der Waals surface area contributed by atoms with E-state index in [-0.39, 0.29) is 28.7 Å². The van der Waals surface area contributed by atoms with Gasteiger partial charge in [-0.3, -0.25) is 9.59 Å². The zero-order valence-electron chi connectivity index (χ0n) is 14.3. The smallest absolute Gasteiger partial charge is 0.264 e. The van der Waals surface area contributed by atoms with Gasteiger partial charge < -0.3 is 25.7 Å². The summed E-state index contributed by atoms with van der Waals surface area (Å²) in [5.41, 5.74) is -3.03. The lowest BCUT2D eigenvalue weighted by Crippen LogP contribution is -2.70. The average molecular weight is 400 g/mol. The van der Waals surface area contributed by atoms with Crippen molar-refractivity contribution in [2.75, 3.05) is 25.5 Å². The Labute approximate surface area is 160 Å². The largest absolute Gasteiger partial charge is 0.510 e. The van der Waals surface area contributed by atoms with Crippen LogP contribution in [0.1, 0.15) is 13.3 Å². The van der Waals surface area contributed by atoms with E-state index in [4.69, 9.17) is 23.2 Å². The highest BCUT2D eigenvalue weighted by Gasteiger charge is 2.60. The minimum atomic E-state index is -1.59. The summed E-state index contributed by atoms with van der Waals surface area (Å²) in [6.45, 7) is 2.30. The fourth-order valence-electron chi connectivity index (χ4n) is 3.53. The molecule has 3 rings (SSSR count). The summed E-state index contributed by atoms with van der Waals surface area (Å²) in [5, 5.41) is 27.7. The Morgan fingerprint density at radius 3 is 2.77 bits per heavy atom. The molecule has 0 unspecified atom stereocenters. The Morgan fingerprint density at radius 1 is 1.38 bits per heavy atom. The number of aliphatic hydroxyl groups is 2. The molecule has 1 aromatic carbocycles. The van der Waals surface area contributed by atoms with Gasteiger partial charge in [0.15, 0.2) is 5.72 Å². The number of halogens is 2. The summed E-state index contributed by atoms with van der Waals surface area (Å²) in [7, 11) is 1.41. The van der Waals surface area contributed by atoms with E-state index in [0.717, 1.165) is 4.90 Å². The van der Waals surface area contributed by atoms with Crippen molar-refractivity contribution in [3.8, 4) is 0 Å². The van der Waals surface area contributed by atoms with Crippen molar-refractivity contribution in [1.82, 2.24) is 10.2 Å². The average Bonchev–Trinajstić information content (AvgIpc) is 2.60. The summed E-state index contributed by atoms with van der Waals surface area (Å²) >= 11 is 12.0. The molecular formula is C17H19Cl2N3O4. The van der Waals surface area contributed by atoms with Gasteiger partial charge in [0.25, 0.3) is 11.8 Å². The van der Waals surface area contributed by atoms with Crippen molar-refractivity contribution in [2.24, 2.45) is 5.41 Å². The second-order valence-electron chi connectivity index (χ2n) is 6.72. The van der Waals surface area contributed by atoms with Gasteiger partial charge in [0.05, 0.1) is 21.1 Å². The van der Waals surface area contributed by atoms with Crippen molar-refractivity contribution in [2.45, 2.75) is 19.1 Å². The van der Waals surface area contributed by atoms with Gasteiger partial charge in [-0.25, -0.2) is 0 Å². The van der Waals surface area contributed by atoms with Crippen LogP contribution in [0.15, 0.2) is 29.5 Å². The number of carbonyl (C=O) groups is 2. The lowest BCUT2D eigenvalue weighted by molar-refractivity contribution is -0.203. The number of piperidine rings is 1. The molecule has 9 heteroatoms. The van der Waals surface area contributed by atoms with Crippen molar-refractivity contribution >= 4 is 40.7 Å². The van der Waals surface area contributed by atoms with Gasteiger partial charge in [0.1, 0.15) is 11.3 Å². The molecule has 0 radical (unpaired) electrons. The third-order valence-electron chi connectivity index (χ3n) is 5.27. The molecule has 0 saturated carbocycles. The Kier molecular flexibility index (Phi) is 4.69. The molecule has 0 aliphatic carbocycles. The summed E-state index contributed by atoms with van der Waals surface area (Å²) in [6, 6.07) is 4.68. The first kappa shape index (κ1) is 19.0. The molecule has 2 aliphatic rings. The molecule has 7 nitrogen and oxygen atoms in total. The molecule has 1 saturated heterocycles. The summed E-state index contributed by atoms with van der Waals surface area (Å²) in [6.07, 6.45) is 0.227. The lowest BCUT2D eigenvalue weighted by atomic mass is 9.68. The van der Waals surface area contributed by atoms with E-state index in [1.165, 1.54) is 13.1 Å². The SMILES string of the molecule is CN1C(=O)C(C(=O)Nc2cccc(Cl)c2Cl)=C(O)[C@@]2(C)CNCC[C@]12O. The number of carbonyl (C=O) groups excluding carboxylic acids is 2. The van der Waals surface area contributed by atoms with Crippen LogP contribution in [0, 0.1) is 5.41 Å². The number of nitrogens with one attached hydrogen (secondary N) is 2. The van der Waals surface area contributed by atoms with E-state index < -0.39 is 34.3 Å². The van der Waals surface area contributed by atoms with Crippen LogP contribution in [0.4, 0.5) is 5.69 Å². The lowest BCUT2D eigenvalue weighted by Gasteiger charge is -2.55. The number of hydrogen-bond acceptors (Lipinski definition) is 5. The molecular weight excluding hydrogens is 381 g/mol. The van der Waals surface area contributed by atoms with E-state index in [2.05, 4.69) is 10.6 Å². The van der Waals surface area contributed by atoms with Gasteiger partial charge in [0, 0.05) is 20.0 Å². The first-order chi connectivity index (χ1) is 12.1. The van der Waals surface area contributed by atoms with Crippen LogP contribution in [0.2, 0.25) is 10.0 Å². The Bertz CT molecular complexity index is 828. The highest BCUT2D eigenvalue weighted by Crippen LogP contribution is 2.48. The zero-order valence-corrected chi connectivity index (χ0v) is 15.8. The van der Waals surface area contributed by atoms with Gasteiger partial charge in [-0.2, -0.15) is 0 Å². The topological polar surface area (TPSA) is 102 Å². The van der Waals surface area contributed by atoms with Crippen LogP contribution in [0.3, 0.4) is 0 Å². The van der Waals surface area contributed by atoms with Crippen LogP contribution in [0.5, 0.6) is 0 Å². The number of amides is 2.